The summed E-state index contributed by atoms with van der Waals surface area (Å²) in [6.45, 7) is 4.80. The number of amides is 1. The number of fused-ring (bicyclic) bond motifs is 1. The molecule has 1 saturated heterocycles. The number of nitrogens with zero attached hydrogens (tertiary/aromatic N) is 2. The van der Waals surface area contributed by atoms with Gasteiger partial charge in [0.25, 0.3) is 0 Å². The van der Waals surface area contributed by atoms with Gasteiger partial charge in [0.15, 0.2) is 11.5 Å². The van der Waals surface area contributed by atoms with Crippen molar-refractivity contribution in [2.75, 3.05) is 25.5 Å². The number of carbonyl (C=O) groups is 1. The summed E-state index contributed by atoms with van der Waals surface area (Å²) in [6, 6.07) is 11.5. The summed E-state index contributed by atoms with van der Waals surface area (Å²) < 4.78 is 6.37. The first-order chi connectivity index (χ1) is 15.0. The SMILES string of the molecule is COc1cc(CN2CCC3(CC2)CC3C(=O)Nc2ccc3sc(C)nc3c2)ccc1O. The van der Waals surface area contributed by atoms with Crippen molar-refractivity contribution >= 4 is 33.1 Å². The molecule has 3 aromatic rings. The second-order valence-electron chi connectivity index (χ2n) is 8.81. The number of aromatic hydroxyl groups is 1. The lowest BCUT2D eigenvalue weighted by Crippen LogP contribution is -2.35. The van der Waals surface area contributed by atoms with E-state index in [9.17, 15) is 9.90 Å². The van der Waals surface area contributed by atoms with E-state index in [4.69, 9.17) is 4.74 Å². The van der Waals surface area contributed by atoms with Gasteiger partial charge < -0.3 is 15.2 Å². The van der Waals surface area contributed by atoms with Gasteiger partial charge in [0.2, 0.25) is 5.91 Å². The number of thiazole rings is 1. The van der Waals surface area contributed by atoms with Gasteiger partial charge in [-0.25, -0.2) is 4.98 Å². The summed E-state index contributed by atoms with van der Waals surface area (Å²) in [5.74, 6) is 0.926. The number of phenols is 1. The quantitative estimate of drug-likeness (QED) is 0.612. The van der Waals surface area contributed by atoms with Crippen molar-refractivity contribution in [1.82, 2.24) is 9.88 Å². The maximum atomic E-state index is 12.9. The van der Waals surface area contributed by atoms with Crippen LogP contribution in [0.5, 0.6) is 11.5 Å². The number of ether oxygens (including phenoxy) is 1. The third kappa shape index (κ3) is 4.00. The molecule has 1 saturated carbocycles. The summed E-state index contributed by atoms with van der Waals surface area (Å²) in [4.78, 5) is 19.8. The van der Waals surface area contributed by atoms with Gasteiger partial charge in [-0.1, -0.05) is 6.07 Å². The summed E-state index contributed by atoms with van der Waals surface area (Å²) in [7, 11) is 1.57. The van der Waals surface area contributed by atoms with E-state index in [1.165, 1.54) is 0 Å². The smallest absolute Gasteiger partial charge is 0.228 e. The number of methoxy groups -OCH3 is 1. The van der Waals surface area contributed by atoms with Gasteiger partial charge in [0.1, 0.15) is 0 Å². The first-order valence-corrected chi connectivity index (χ1v) is 11.5. The fourth-order valence-electron chi connectivity index (χ4n) is 4.86. The van der Waals surface area contributed by atoms with Crippen molar-refractivity contribution in [2.45, 2.75) is 32.7 Å². The Bertz CT molecular complexity index is 1130. The molecule has 2 aliphatic rings. The molecule has 2 fully saturated rings. The number of anilines is 1. The van der Waals surface area contributed by atoms with Crippen LogP contribution in [0.3, 0.4) is 0 Å². The van der Waals surface area contributed by atoms with Crippen LogP contribution in [-0.4, -0.2) is 41.1 Å². The molecule has 2 aromatic carbocycles. The Morgan fingerprint density at radius 3 is 2.87 bits per heavy atom. The van der Waals surface area contributed by atoms with E-state index in [2.05, 4.69) is 15.2 Å². The molecular weight excluding hydrogens is 410 g/mol. The molecule has 0 bridgehead atoms. The molecule has 6 nitrogen and oxygen atoms in total. The molecule has 1 aliphatic heterocycles. The molecule has 2 N–H and O–H groups in total. The maximum absolute atomic E-state index is 12.9. The van der Waals surface area contributed by atoms with E-state index in [0.717, 1.165) is 65.4 Å². The first-order valence-electron chi connectivity index (χ1n) is 10.7. The van der Waals surface area contributed by atoms with Crippen molar-refractivity contribution in [3.05, 3.63) is 47.0 Å². The summed E-state index contributed by atoms with van der Waals surface area (Å²) in [5.41, 5.74) is 3.08. The Hall–Kier alpha value is -2.64. The Labute approximate surface area is 185 Å². The van der Waals surface area contributed by atoms with Crippen molar-refractivity contribution in [3.8, 4) is 11.5 Å². The zero-order chi connectivity index (χ0) is 21.6. The Morgan fingerprint density at radius 2 is 2.10 bits per heavy atom. The lowest BCUT2D eigenvalue weighted by atomic mass is 9.90. The molecule has 1 amide bonds. The second kappa shape index (κ2) is 7.80. The number of aromatic nitrogens is 1. The van der Waals surface area contributed by atoms with Crippen molar-refractivity contribution in [2.24, 2.45) is 11.3 Å². The standard InChI is InChI=1S/C24H27N3O3S/c1-15-25-19-12-17(4-6-22(19)31-15)26-23(29)18-13-24(18)7-9-27(10-8-24)14-16-3-5-20(28)21(11-16)30-2/h3-6,11-12,18,28H,7-10,13-14H2,1-2H3,(H,26,29). The molecule has 162 valence electrons. The second-order valence-corrected chi connectivity index (χ2v) is 10.0. The molecule has 1 unspecified atom stereocenters. The highest BCUT2D eigenvalue weighted by atomic mass is 32.1. The average Bonchev–Trinajstić information content (AvgIpc) is 3.33. The minimum atomic E-state index is 0.108. The highest BCUT2D eigenvalue weighted by Gasteiger charge is 2.58. The third-order valence-corrected chi connectivity index (χ3v) is 7.72. The fraction of sp³-hybridized carbons (Fsp3) is 0.417. The molecule has 1 aliphatic carbocycles. The van der Waals surface area contributed by atoms with Crippen LogP contribution in [0.4, 0.5) is 5.69 Å². The Morgan fingerprint density at radius 1 is 1.29 bits per heavy atom. The van der Waals surface area contributed by atoms with Crippen LogP contribution < -0.4 is 10.1 Å². The van der Waals surface area contributed by atoms with E-state index in [0.29, 0.717) is 5.75 Å². The van der Waals surface area contributed by atoms with Crippen molar-refractivity contribution in [1.29, 1.82) is 0 Å². The zero-order valence-corrected chi connectivity index (χ0v) is 18.7. The molecule has 5 rings (SSSR count). The normalized spacial score (nSPS) is 20.1. The topological polar surface area (TPSA) is 74.7 Å². The predicted molar refractivity (Wildman–Crippen MR) is 123 cm³/mol. The zero-order valence-electron chi connectivity index (χ0n) is 17.9. The number of phenolic OH excluding ortho intramolecular Hbond substituents is 1. The van der Waals surface area contributed by atoms with Gasteiger partial charge in [-0.2, -0.15) is 0 Å². The number of rotatable bonds is 5. The van der Waals surface area contributed by atoms with Crippen molar-refractivity contribution < 1.29 is 14.6 Å². The van der Waals surface area contributed by atoms with Gasteiger partial charge in [-0.15, -0.1) is 11.3 Å². The number of aryl methyl sites for hydroxylation is 1. The van der Waals surface area contributed by atoms with Crippen LogP contribution in [0.25, 0.3) is 10.2 Å². The number of likely N-dealkylation sites (tertiary alicyclic amines) is 1. The third-order valence-electron chi connectivity index (χ3n) is 6.77. The van der Waals surface area contributed by atoms with Crippen molar-refractivity contribution in [3.63, 3.8) is 0 Å². The highest BCUT2D eigenvalue weighted by molar-refractivity contribution is 7.18. The van der Waals surface area contributed by atoms with Crippen LogP contribution >= 0.6 is 11.3 Å². The monoisotopic (exact) mass is 437 g/mol. The number of nitrogens with one attached hydrogen (secondary N) is 1. The van der Waals surface area contributed by atoms with E-state index < -0.39 is 0 Å². The first kappa shape index (κ1) is 20.3. The van der Waals surface area contributed by atoms with E-state index in [1.807, 2.05) is 37.3 Å². The molecule has 7 heteroatoms. The molecule has 31 heavy (non-hydrogen) atoms. The van der Waals surface area contributed by atoms with Crippen LogP contribution in [0.2, 0.25) is 0 Å². The van der Waals surface area contributed by atoms with E-state index in [-0.39, 0.29) is 23.0 Å². The maximum Gasteiger partial charge on any atom is 0.228 e. The molecule has 2 heterocycles. The fourth-order valence-corrected chi connectivity index (χ4v) is 5.66. The Kier molecular flexibility index (Phi) is 5.10. The van der Waals surface area contributed by atoms with Crippen LogP contribution in [0, 0.1) is 18.3 Å². The Balaban J connectivity index is 1.16. The molecular formula is C24H27N3O3S. The number of carbonyl (C=O) groups excluding carboxylic acids is 1. The van der Waals surface area contributed by atoms with Crippen LogP contribution in [0.15, 0.2) is 36.4 Å². The number of piperidine rings is 1. The largest absolute Gasteiger partial charge is 0.504 e. The summed E-state index contributed by atoms with van der Waals surface area (Å²) >= 11 is 1.67. The lowest BCUT2D eigenvalue weighted by Gasteiger charge is -2.33. The lowest BCUT2D eigenvalue weighted by molar-refractivity contribution is -0.118. The number of hydrogen-bond donors (Lipinski definition) is 2. The average molecular weight is 438 g/mol. The summed E-state index contributed by atoms with van der Waals surface area (Å²) in [5, 5.41) is 13.9. The predicted octanol–water partition coefficient (Wildman–Crippen LogP) is 4.56. The van der Waals surface area contributed by atoms with Gasteiger partial charge >= 0.3 is 0 Å². The molecule has 1 atom stereocenters. The van der Waals surface area contributed by atoms with Gasteiger partial charge in [-0.05, 0) is 80.6 Å². The van der Waals surface area contributed by atoms with E-state index >= 15 is 0 Å². The van der Waals surface area contributed by atoms with Crippen LogP contribution in [0.1, 0.15) is 29.8 Å². The number of hydrogen-bond acceptors (Lipinski definition) is 6. The minimum Gasteiger partial charge on any atom is -0.504 e. The minimum absolute atomic E-state index is 0.108. The molecule has 0 radical (unpaired) electrons. The number of benzene rings is 2. The van der Waals surface area contributed by atoms with Gasteiger partial charge in [0.05, 0.1) is 22.3 Å². The van der Waals surface area contributed by atoms with Crippen LogP contribution in [-0.2, 0) is 11.3 Å². The molecule has 1 aromatic heterocycles. The van der Waals surface area contributed by atoms with Gasteiger partial charge in [0, 0.05) is 18.2 Å². The summed E-state index contributed by atoms with van der Waals surface area (Å²) in [6.07, 6.45) is 3.08. The molecule has 1 spiro atoms. The highest BCUT2D eigenvalue weighted by Crippen LogP contribution is 2.59. The van der Waals surface area contributed by atoms with Gasteiger partial charge in [-0.3, -0.25) is 9.69 Å². The van der Waals surface area contributed by atoms with E-state index in [1.54, 1.807) is 24.5 Å².